The number of carbonyl (C=O) groups excluding carboxylic acids is 1. The van der Waals surface area contributed by atoms with Crippen molar-refractivity contribution in [3.63, 3.8) is 0 Å². The number of nitrogens with one attached hydrogen (secondary N) is 2. The maximum absolute atomic E-state index is 11.9. The summed E-state index contributed by atoms with van der Waals surface area (Å²) in [5, 5.41) is 9.38. The van der Waals surface area contributed by atoms with Crippen LogP contribution in [0.25, 0.3) is 11.4 Å². The number of amides is 1. The van der Waals surface area contributed by atoms with E-state index in [9.17, 15) is 4.79 Å². The van der Waals surface area contributed by atoms with Crippen LogP contribution in [0, 0.1) is 0 Å². The van der Waals surface area contributed by atoms with Crippen LogP contribution in [0.15, 0.2) is 48.8 Å². The fourth-order valence-electron chi connectivity index (χ4n) is 1.98. The van der Waals surface area contributed by atoms with Crippen LogP contribution in [-0.4, -0.2) is 39.8 Å². The van der Waals surface area contributed by atoms with Crippen molar-refractivity contribution in [1.82, 2.24) is 20.2 Å². The van der Waals surface area contributed by atoms with Crippen LogP contribution >= 0.6 is 0 Å². The highest BCUT2D eigenvalue weighted by Gasteiger charge is 2.09. The molecule has 0 aliphatic carbocycles. The number of benzene rings is 1. The predicted molar refractivity (Wildman–Crippen MR) is 86.7 cm³/mol. The van der Waals surface area contributed by atoms with Gasteiger partial charge in [0.1, 0.15) is 5.75 Å². The van der Waals surface area contributed by atoms with Crippen molar-refractivity contribution in [2.75, 3.05) is 19.0 Å². The monoisotopic (exact) mass is 325 g/mol. The summed E-state index contributed by atoms with van der Waals surface area (Å²) >= 11 is 0. The average Bonchev–Trinajstić information content (AvgIpc) is 3.10. The maximum Gasteiger partial charge on any atom is 0.336 e. The summed E-state index contributed by atoms with van der Waals surface area (Å²) in [6, 6.07) is 10.7. The summed E-state index contributed by atoms with van der Waals surface area (Å²) in [6.07, 6.45) is 3.31. The minimum absolute atomic E-state index is 0.0996. The molecule has 8 nitrogen and oxygen atoms in total. The molecule has 2 heterocycles. The fourth-order valence-corrected chi connectivity index (χ4v) is 1.98. The van der Waals surface area contributed by atoms with E-state index < -0.39 is 0 Å². The van der Waals surface area contributed by atoms with E-state index in [0.717, 1.165) is 5.56 Å². The number of carbonyl (C=O) groups is 1. The Labute approximate surface area is 137 Å². The zero-order valence-electron chi connectivity index (χ0n) is 12.9. The van der Waals surface area contributed by atoms with Gasteiger partial charge in [0, 0.05) is 29.7 Å². The molecule has 0 unspecified atom stereocenters. The van der Waals surface area contributed by atoms with Crippen molar-refractivity contribution >= 4 is 11.6 Å². The van der Waals surface area contributed by atoms with E-state index in [0.29, 0.717) is 17.3 Å². The van der Waals surface area contributed by atoms with Crippen LogP contribution < -0.4 is 14.8 Å². The number of rotatable bonds is 6. The number of aromatic amines is 1. The zero-order valence-corrected chi connectivity index (χ0v) is 12.9. The van der Waals surface area contributed by atoms with Crippen molar-refractivity contribution in [3.8, 4) is 23.1 Å². The molecular formula is C16H15N5O3. The maximum atomic E-state index is 11.9. The zero-order chi connectivity index (χ0) is 16.8. The first-order valence-electron chi connectivity index (χ1n) is 7.14. The minimum Gasteiger partial charge on any atom is -0.497 e. The van der Waals surface area contributed by atoms with E-state index in [1.165, 1.54) is 0 Å². The number of pyridine rings is 1. The number of nitrogens with zero attached hydrogens (tertiary/aromatic N) is 3. The standard InChI is InChI=1S/C16H15N5O3/c1-23-13-4-2-3-12(9-13)18-14(22)10-24-16-19-15(20-21-16)11-5-7-17-8-6-11/h2-9H,10H2,1H3,(H,18,22)(H,19,20,21). The van der Waals surface area contributed by atoms with Gasteiger partial charge in [0.25, 0.3) is 5.91 Å². The van der Waals surface area contributed by atoms with Gasteiger partial charge in [-0.05, 0) is 24.3 Å². The van der Waals surface area contributed by atoms with Crippen LogP contribution in [-0.2, 0) is 4.79 Å². The normalized spacial score (nSPS) is 10.2. The van der Waals surface area contributed by atoms with E-state index in [1.807, 2.05) is 0 Å². The molecule has 3 rings (SSSR count). The van der Waals surface area contributed by atoms with Crippen LogP contribution in [0.3, 0.4) is 0 Å². The third-order valence-corrected chi connectivity index (χ3v) is 3.10. The molecule has 0 aliphatic rings. The number of hydrogen-bond acceptors (Lipinski definition) is 6. The smallest absolute Gasteiger partial charge is 0.336 e. The number of hydrogen-bond donors (Lipinski definition) is 2. The second-order valence-electron chi connectivity index (χ2n) is 4.77. The Hall–Kier alpha value is -3.42. The molecule has 0 saturated heterocycles. The third kappa shape index (κ3) is 3.86. The molecule has 0 fully saturated rings. The third-order valence-electron chi connectivity index (χ3n) is 3.10. The minimum atomic E-state index is -0.321. The summed E-state index contributed by atoms with van der Waals surface area (Å²) in [6.45, 7) is -0.204. The Bertz CT molecular complexity index is 819. The number of H-pyrrole nitrogens is 1. The van der Waals surface area contributed by atoms with Gasteiger partial charge in [-0.1, -0.05) is 6.07 Å². The second-order valence-corrected chi connectivity index (χ2v) is 4.77. The topological polar surface area (TPSA) is 102 Å². The van der Waals surface area contributed by atoms with Crippen LogP contribution in [0.2, 0.25) is 0 Å². The molecule has 0 radical (unpaired) electrons. The summed E-state index contributed by atoms with van der Waals surface area (Å²) in [5.74, 6) is 0.879. The summed E-state index contributed by atoms with van der Waals surface area (Å²) in [4.78, 5) is 20.0. The van der Waals surface area contributed by atoms with E-state index in [2.05, 4.69) is 25.5 Å². The second kappa shape index (κ2) is 7.23. The molecule has 0 saturated carbocycles. The van der Waals surface area contributed by atoms with Crippen LogP contribution in [0.4, 0.5) is 5.69 Å². The van der Waals surface area contributed by atoms with Crippen molar-refractivity contribution in [2.45, 2.75) is 0 Å². The number of anilines is 1. The molecule has 1 aromatic carbocycles. The highest BCUT2D eigenvalue weighted by molar-refractivity contribution is 5.92. The Kier molecular flexibility index (Phi) is 4.66. The van der Waals surface area contributed by atoms with Gasteiger partial charge in [0.05, 0.1) is 7.11 Å². The van der Waals surface area contributed by atoms with E-state index in [4.69, 9.17) is 9.47 Å². The van der Waals surface area contributed by atoms with Gasteiger partial charge in [-0.25, -0.2) is 0 Å². The molecule has 3 aromatic rings. The van der Waals surface area contributed by atoms with E-state index in [1.54, 1.807) is 55.9 Å². The first-order chi connectivity index (χ1) is 11.7. The number of aromatic nitrogens is 4. The molecule has 8 heteroatoms. The lowest BCUT2D eigenvalue weighted by molar-refractivity contribution is -0.118. The van der Waals surface area contributed by atoms with Gasteiger partial charge in [-0.15, -0.1) is 5.10 Å². The highest BCUT2D eigenvalue weighted by Crippen LogP contribution is 2.17. The summed E-state index contributed by atoms with van der Waals surface area (Å²) in [7, 11) is 1.56. The van der Waals surface area contributed by atoms with Crippen LogP contribution in [0.1, 0.15) is 0 Å². The number of ether oxygens (including phenoxy) is 2. The molecule has 0 bridgehead atoms. The highest BCUT2D eigenvalue weighted by atomic mass is 16.5. The van der Waals surface area contributed by atoms with Gasteiger partial charge < -0.3 is 14.8 Å². The quantitative estimate of drug-likeness (QED) is 0.717. The SMILES string of the molecule is COc1cccc(NC(=O)COc2n[nH]c(-c3ccncc3)n2)c1. The predicted octanol–water partition coefficient (Wildman–Crippen LogP) is 1.89. The lowest BCUT2D eigenvalue weighted by Gasteiger charge is -2.06. The molecule has 2 aromatic heterocycles. The van der Waals surface area contributed by atoms with Crippen molar-refractivity contribution < 1.29 is 14.3 Å². The lowest BCUT2D eigenvalue weighted by Crippen LogP contribution is -2.20. The van der Waals surface area contributed by atoms with Gasteiger partial charge in [0.2, 0.25) is 0 Å². The average molecular weight is 325 g/mol. The Morgan fingerprint density at radius 3 is 2.88 bits per heavy atom. The van der Waals surface area contributed by atoms with Crippen LogP contribution in [0.5, 0.6) is 11.8 Å². The largest absolute Gasteiger partial charge is 0.497 e. The first-order valence-corrected chi connectivity index (χ1v) is 7.14. The molecule has 1 amide bonds. The molecular weight excluding hydrogens is 310 g/mol. The van der Waals surface area contributed by atoms with Gasteiger partial charge in [-0.3, -0.25) is 14.9 Å². The van der Waals surface area contributed by atoms with Crippen molar-refractivity contribution in [2.24, 2.45) is 0 Å². The van der Waals surface area contributed by atoms with Gasteiger partial charge in [0.15, 0.2) is 12.4 Å². The molecule has 122 valence electrons. The molecule has 2 N–H and O–H groups in total. The lowest BCUT2D eigenvalue weighted by atomic mass is 10.3. The molecule has 0 atom stereocenters. The Morgan fingerprint density at radius 1 is 1.25 bits per heavy atom. The summed E-state index contributed by atoms with van der Waals surface area (Å²) in [5.41, 5.74) is 1.45. The summed E-state index contributed by atoms with van der Waals surface area (Å²) < 4.78 is 10.4. The van der Waals surface area contributed by atoms with Crippen molar-refractivity contribution in [3.05, 3.63) is 48.8 Å². The fraction of sp³-hybridized carbons (Fsp3) is 0.125. The molecule has 24 heavy (non-hydrogen) atoms. The molecule has 0 spiro atoms. The molecule has 0 aliphatic heterocycles. The Balaban J connectivity index is 1.56. The Morgan fingerprint density at radius 2 is 2.08 bits per heavy atom. The van der Waals surface area contributed by atoms with Crippen molar-refractivity contribution in [1.29, 1.82) is 0 Å². The van der Waals surface area contributed by atoms with Gasteiger partial charge in [-0.2, -0.15) is 4.98 Å². The first kappa shape index (κ1) is 15.5. The number of methoxy groups -OCH3 is 1. The van der Waals surface area contributed by atoms with Gasteiger partial charge >= 0.3 is 6.01 Å². The van der Waals surface area contributed by atoms with E-state index in [-0.39, 0.29) is 18.5 Å². The van der Waals surface area contributed by atoms with E-state index >= 15 is 0 Å².